The van der Waals surface area contributed by atoms with Crippen molar-refractivity contribution >= 4 is 11.9 Å². The van der Waals surface area contributed by atoms with E-state index in [0.717, 1.165) is 86.7 Å². The molecule has 2 aromatic heterocycles. The minimum Gasteiger partial charge on any atom is -0.487 e. The van der Waals surface area contributed by atoms with Gasteiger partial charge >= 0.3 is 11.9 Å². The Kier molecular flexibility index (Phi) is 28.6. The Labute approximate surface area is 503 Å². The summed E-state index contributed by atoms with van der Waals surface area (Å²) in [5, 5.41) is 0. The van der Waals surface area contributed by atoms with Crippen LogP contribution in [0, 0.1) is 0 Å². The van der Waals surface area contributed by atoms with Crippen molar-refractivity contribution in [1.29, 1.82) is 0 Å². The second-order valence-corrected chi connectivity index (χ2v) is 24.6. The molecule has 10 nitrogen and oxygen atoms in total. The molecule has 83 heavy (non-hydrogen) atoms. The van der Waals surface area contributed by atoms with Gasteiger partial charge in [-0.05, 0) is 73.9 Å². The monoisotopic (exact) mass is 1140 g/mol. The van der Waals surface area contributed by atoms with Gasteiger partial charge in [0, 0.05) is 42.5 Å². The maximum atomic E-state index is 14.3. The predicted octanol–water partition coefficient (Wildman–Crippen LogP) is 20.9. The Balaban J connectivity index is 1.34. The van der Waals surface area contributed by atoms with Gasteiger partial charge in [-0.1, -0.05) is 245 Å². The highest BCUT2D eigenvalue weighted by Gasteiger charge is 2.44. The summed E-state index contributed by atoms with van der Waals surface area (Å²) < 4.78 is 42.8. The minimum absolute atomic E-state index is 0.280. The molecule has 1 aliphatic carbocycles. The number of aromatic nitrogens is 2. The number of fused-ring (bicyclic) bond motifs is 5. The van der Waals surface area contributed by atoms with Crippen LogP contribution in [0.3, 0.4) is 0 Å². The van der Waals surface area contributed by atoms with E-state index in [1.165, 1.54) is 189 Å². The maximum absolute atomic E-state index is 14.3. The SMILES string of the molecule is CCCCCCCCCCCCn1c(C(=O)OCC)c2c(c1-c1ccc3c(c1)C(CCCCCCCC)(CCCCCCCC)c1cc(-c4c5c(c(C(=O)OCC)n4CCCCCCCCCCCC)OCCCO5)ccc1-3)OCCCO2. The summed E-state index contributed by atoms with van der Waals surface area (Å²) in [4.78, 5) is 28.6. The molecule has 0 N–H and O–H groups in total. The first kappa shape index (κ1) is 65.7. The smallest absolute Gasteiger partial charge is 0.359 e. The molecule has 0 bridgehead atoms. The lowest BCUT2D eigenvalue weighted by atomic mass is 9.70. The van der Waals surface area contributed by atoms with Gasteiger partial charge < -0.3 is 37.6 Å². The lowest BCUT2D eigenvalue weighted by molar-refractivity contribution is 0.0499. The van der Waals surface area contributed by atoms with Gasteiger partial charge in [-0.25, -0.2) is 9.59 Å². The molecule has 0 saturated heterocycles. The van der Waals surface area contributed by atoms with Crippen LogP contribution >= 0.6 is 0 Å². The molecule has 0 unspecified atom stereocenters. The van der Waals surface area contributed by atoms with E-state index in [2.05, 4.69) is 73.2 Å². The number of carbonyl (C=O) groups excluding carboxylic acids is 2. The zero-order chi connectivity index (χ0) is 58.5. The Morgan fingerprint density at radius 3 is 1.02 bits per heavy atom. The van der Waals surface area contributed by atoms with Crippen LogP contribution in [0.2, 0.25) is 0 Å². The van der Waals surface area contributed by atoms with Crippen LogP contribution in [0.1, 0.15) is 305 Å². The number of nitrogens with zero attached hydrogens (tertiary/aromatic N) is 2. The lowest BCUT2D eigenvalue weighted by Crippen LogP contribution is -2.26. The minimum atomic E-state index is -0.356. The maximum Gasteiger partial charge on any atom is 0.359 e. The molecule has 7 rings (SSSR count). The molecule has 10 heteroatoms. The summed E-state index contributed by atoms with van der Waals surface area (Å²) in [7, 11) is 0. The summed E-state index contributed by atoms with van der Waals surface area (Å²) in [6.07, 6.45) is 42.8. The van der Waals surface area contributed by atoms with Crippen LogP contribution in [0.25, 0.3) is 33.6 Å². The molecule has 0 amide bonds. The van der Waals surface area contributed by atoms with Crippen molar-refractivity contribution in [3.05, 3.63) is 58.9 Å². The number of hydrogen-bond donors (Lipinski definition) is 0. The Morgan fingerprint density at radius 1 is 0.398 bits per heavy atom. The van der Waals surface area contributed by atoms with Gasteiger partial charge in [0.15, 0.2) is 34.4 Å². The number of rotatable bonds is 42. The van der Waals surface area contributed by atoms with Crippen molar-refractivity contribution in [2.45, 2.75) is 291 Å². The fourth-order valence-corrected chi connectivity index (χ4v) is 13.7. The van der Waals surface area contributed by atoms with Gasteiger partial charge in [-0.2, -0.15) is 0 Å². The van der Waals surface area contributed by atoms with Crippen molar-refractivity contribution in [3.63, 3.8) is 0 Å². The second-order valence-electron chi connectivity index (χ2n) is 24.6. The molecule has 0 saturated carbocycles. The topological polar surface area (TPSA) is 99.4 Å². The molecular formula is C73H112N2O8. The van der Waals surface area contributed by atoms with Crippen LogP contribution in [0.4, 0.5) is 0 Å². The molecule has 0 atom stereocenters. The first-order chi connectivity index (χ1) is 40.9. The fraction of sp³-hybridized carbons (Fsp3) is 0.699. The van der Waals surface area contributed by atoms with E-state index in [9.17, 15) is 9.59 Å². The summed E-state index contributed by atoms with van der Waals surface area (Å²) in [6, 6.07) is 14.3. The van der Waals surface area contributed by atoms with E-state index in [1.807, 2.05) is 13.8 Å². The van der Waals surface area contributed by atoms with E-state index < -0.39 is 0 Å². The van der Waals surface area contributed by atoms with E-state index in [4.69, 9.17) is 28.4 Å². The lowest BCUT2D eigenvalue weighted by Gasteiger charge is -2.33. The summed E-state index contributed by atoms with van der Waals surface area (Å²) in [5.74, 6) is 1.66. The van der Waals surface area contributed by atoms with Crippen LogP contribution in [0.15, 0.2) is 36.4 Å². The third-order valence-corrected chi connectivity index (χ3v) is 18.1. The molecule has 462 valence electrons. The molecule has 0 fully saturated rings. The molecule has 0 spiro atoms. The predicted molar refractivity (Wildman–Crippen MR) is 342 cm³/mol. The van der Waals surface area contributed by atoms with Gasteiger partial charge in [0.25, 0.3) is 0 Å². The third kappa shape index (κ3) is 17.6. The Morgan fingerprint density at radius 2 is 0.699 bits per heavy atom. The molecule has 2 aliphatic heterocycles. The van der Waals surface area contributed by atoms with Crippen LogP contribution in [0.5, 0.6) is 23.0 Å². The largest absolute Gasteiger partial charge is 0.487 e. The highest BCUT2D eigenvalue weighted by atomic mass is 16.6. The van der Waals surface area contributed by atoms with Crippen molar-refractivity contribution in [2.75, 3.05) is 39.6 Å². The fourth-order valence-electron chi connectivity index (χ4n) is 13.7. The first-order valence-electron chi connectivity index (χ1n) is 34.6. The standard InChI is InChI=1S/C73H112N2O8/c1-7-13-17-21-25-27-29-31-35-39-49-74-63(67-69(82-53-41-51-80-67)65(74)71(76)78-11-5)57-43-45-59-60-46-44-58(56-62(60)73(61(59)55-57,47-37-33-23-19-15-9-3)48-38-34-24-20-16-10-4)64-68-70(83-54-42-52-81-68)66(72(77)79-12-6)75(64)50-40-36-32-30-28-26-22-18-14-8-2/h43-46,55-56H,7-42,47-54H2,1-6H3. The summed E-state index contributed by atoms with van der Waals surface area (Å²) >= 11 is 0. The molecular weight excluding hydrogens is 1030 g/mol. The van der Waals surface area contributed by atoms with E-state index in [-0.39, 0.29) is 30.6 Å². The van der Waals surface area contributed by atoms with Gasteiger partial charge in [-0.3, -0.25) is 0 Å². The normalized spacial score (nSPS) is 14.1. The molecule has 0 radical (unpaired) electrons. The van der Waals surface area contributed by atoms with Crippen molar-refractivity contribution in [2.24, 2.45) is 0 Å². The number of benzene rings is 2. The Bertz CT molecular complexity index is 2380. The molecule has 4 heterocycles. The van der Waals surface area contributed by atoms with Gasteiger partial charge in [0.05, 0.1) is 51.0 Å². The Hall–Kier alpha value is -4.86. The zero-order valence-corrected chi connectivity index (χ0v) is 53.2. The van der Waals surface area contributed by atoms with Gasteiger partial charge in [0.1, 0.15) is 0 Å². The molecule has 3 aliphatic rings. The molecule has 4 aromatic rings. The van der Waals surface area contributed by atoms with Gasteiger partial charge in [0.2, 0.25) is 0 Å². The van der Waals surface area contributed by atoms with Crippen LogP contribution in [-0.4, -0.2) is 60.7 Å². The number of ether oxygens (including phenoxy) is 6. The van der Waals surface area contributed by atoms with Crippen LogP contribution < -0.4 is 18.9 Å². The van der Waals surface area contributed by atoms with Gasteiger partial charge in [-0.15, -0.1) is 0 Å². The number of hydrogen-bond acceptors (Lipinski definition) is 8. The summed E-state index contributed by atoms with van der Waals surface area (Å²) in [6.45, 7) is 16.8. The number of esters is 2. The third-order valence-electron chi connectivity index (χ3n) is 18.1. The number of unbranched alkanes of at least 4 members (excludes halogenated alkanes) is 28. The van der Waals surface area contributed by atoms with E-state index in [1.54, 1.807) is 0 Å². The summed E-state index contributed by atoms with van der Waals surface area (Å²) in [5.41, 5.74) is 9.88. The van der Waals surface area contributed by atoms with Crippen LogP contribution in [-0.2, 0) is 28.0 Å². The highest BCUT2D eigenvalue weighted by Crippen LogP contribution is 2.58. The molecule has 2 aromatic carbocycles. The average molecular weight is 1150 g/mol. The second kappa shape index (κ2) is 36.2. The highest BCUT2D eigenvalue weighted by molar-refractivity contribution is 5.97. The van der Waals surface area contributed by atoms with E-state index >= 15 is 0 Å². The number of carbonyl (C=O) groups is 2. The van der Waals surface area contributed by atoms with Crippen molar-refractivity contribution in [1.82, 2.24) is 9.13 Å². The van der Waals surface area contributed by atoms with E-state index in [0.29, 0.717) is 73.9 Å². The first-order valence-corrected chi connectivity index (χ1v) is 34.6. The van der Waals surface area contributed by atoms with Crippen molar-refractivity contribution in [3.8, 4) is 56.6 Å². The van der Waals surface area contributed by atoms with Crippen molar-refractivity contribution < 1.29 is 38.0 Å². The zero-order valence-electron chi connectivity index (χ0n) is 53.2. The quantitative estimate of drug-likeness (QED) is 0.0320. The average Bonchev–Trinajstić information content (AvgIpc) is 2.35.